The molecule has 0 bridgehead atoms. The Morgan fingerprint density at radius 1 is 1.35 bits per heavy atom. The summed E-state index contributed by atoms with van der Waals surface area (Å²) in [7, 11) is 0. The lowest BCUT2D eigenvalue weighted by Gasteiger charge is -2.35. The van der Waals surface area contributed by atoms with Crippen molar-refractivity contribution in [2.45, 2.75) is 45.6 Å². The quantitative estimate of drug-likeness (QED) is 0.598. The molecule has 26 heavy (non-hydrogen) atoms. The summed E-state index contributed by atoms with van der Waals surface area (Å²) >= 11 is 2.33. The third kappa shape index (κ3) is 3.25. The smallest absolute Gasteiger partial charge is 0.248 e. The fraction of sp³-hybridized carbons (Fsp3) is 0.474. The fourth-order valence-electron chi connectivity index (χ4n) is 3.90. The van der Waals surface area contributed by atoms with Crippen molar-refractivity contribution in [2.75, 3.05) is 6.54 Å². The van der Waals surface area contributed by atoms with Gasteiger partial charge >= 0.3 is 0 Å². The molecule has 4 nitrogen and oxygen atoms in total. The van der Waals surface area contributed by atoms with Gasteiger partial charge in [-0.2, -0.15) is 0 Å². The molecule has 138 valence electrons. The van der Waals surface area contributed by atoms with Crippen molar-refractivity contribution in [1.82, 2.24) is 9.72 Å². The average molecular weight is 471 g/mol. The number of alkyl halides is 2. The first-order valence-corrected chi connectivity index (χ1v) is 9.82. The Balaban J connectivity index is 1.74. The Morgan fingerprint density at radius 2 is 2.12 bits per heavy atom. The summed E-state index contributed by atoms with van der Waals surface area (Å²) in [5.41, 5.74) is 5.06. The van der Waals surface area contributed by atoms with Crippen LogP contribution in [0.4, 0.5) is 8.78 Å². The molecule has 1 aliphatic heterocycles. The molecule has 3 heterocycles. The Morgan fingerprint density at radius 3 is 2.77 bits per heavy atom. The van der Waals surface area contributed by atoms with E-state index >= 15 is 0 Å². The molecular weight excluding hydrogens is 451 g/mol. The number of halogens is 3. The number of aryl methyl sites for hydroxylation is 2. The van der Waals surface area contributed by atoms with Gasteiger partial charge in [0.05, 0.1) is 5.69 Å². The highest BCUT2D eigenvalue weighted by atomic mass is 127. The molecule has 0 N–H and O–H groups in total. The standard InChI is InChI=1S/C19H20F2IN3O/c1-11-18(12(2)26-24-11)14-5-17-15(3-4-23-8-14)16(22)10-25(17)9-13-6-19(20,21)7-13/h5,8,10,13H,3-4,6-7,9H2,1-2H3/b14-5+,23-8+. The van der Waals surface area contributed by atoms with Gasteiger partial charge in [-0.25, -0.2) is 8.78 Å². The van der Waals surface area contributed by atoms with Crippen LogP contribution in [0.2, 0.25) is 0 Å². The molecular formula is C19H20F2IN3O. The fourth-order valence-corrected chi connectivity index (χ4v) is 4.78. The number of allylic oxidation sites excluding steroid dienone is 1. The van der Waals surface area contributed by atoms with E-state index in [0.717, 1.165) is 38.3 Å². The van der Waals surface area contributed by atoms with Crippen LogP contribution in [0.1, 0.15) is 41.1 Å². The normalized spacial score (nSPS) is 22.7. The lowest BCUT2D eigenvalue weighted by atomic mass is 9.81. The van der Waals surface area contributed by atoms with E-state index < -0.39 is 5.92 Å². The number of hydrogen-bond donors (Lipinski definition) is 0. The van der Waals surface area contributed by atoms with Gasteiger partial charge in [-0.05, 0) is 60.4 Å². The van der Waals surface area contributed by atoms with Gasteiger partial charge in [0, 0.05) is 58.7 Å². The zero-order chi connectivity index (χ0) is 18.5. The first-order chi connectivity index (χ1) is 12.3. The Labute approximate surface area is 164 Å². The topological polar surface area (TPSA) is 43.3 Å². The predicted octanol–water partition coefficient (Wildman–Crippen LogP) is 4.91. The molecule has 1 saturated carbocycles. The number of fused-ring (bicyclic) bond motifs is 1. The van der Waals surface area contributed by atoms with Crippen LogP contribution in [0, 0.1) is 23.3 Å². The van der Waals surface area contributed by atoms with E-state index in [4.69, 9.17) is 4.52 Å². The predicted molar refractivity (Wildman–Crippen MR) is 106 cm³/mol. The second-order valence-corrected chi connectivity index (χ2v) is 8.37. The van der Waals surface area contributed by atoms with Crippen molar-refractivity contribution in [2.24, 2.45) is 10.9 Å². The first-order valence-electron chi connectivity index (χ1n) is 8.74. The molecule has 2 aromatic rings. The maximum absolute atomic E-state index is 13.2. The van der Waals surface area contributed by atoms with Gasteiger partial charge in [-0.15, -0.1) is 0 Å². The number of aromatic nitrogens is 2. The SMILES string of the molecule is Cc1noc(C)c1C1=C/c2c(c(I)cn2CC2CC(F)(F)C2)CC\N=C\1. The van der Waals surface area contributed by atoms with Crippen LogP contribution in [0.3, 0.4) is 0 Å². The van der Waals surface area contributed by atoms with Crippen molar-refractivity contribution in [3.8, 4) is 0 Å². The van der Waals surface area contributed by atoms with Gasteiger partial charge < -0.3 is 9.09 Å². The second kappa shape index (κ2) is 6.58. The van der Waals surface area contributed by atoms with E-state index in [1.807, 2.05) is 20.1 Å². The van der Waals surface area contributed by atoms with E-state index in [1.165, 1.54) is 5.56 Å². The molecule has 7 heteroatoms. The lowest BCUT2D eigenvalue weighted by molar-refractivity contribution is -0.114. The van der Waals surface area contributed by atoms with Gasteiger partial charge in [0.1, 0.15) is 5.76 Å². The Kier molecular flexibility index (Phi) is 4.53. The summed E-state index contributed by atoms with van der Waals surface area (Å²) in [6, 6.07) is 0. The van der Waals surface area contributed by atoms with Crippen LogP contribution in [0.5, 0.6) is 0 Å². The van der Waals surface area contributed by atoms with Crippen molar-refractivity contribution >= 4 is 40.5 Å². The van der Waals surface area contributed by atoms with Crippen molar-refractivity contribution in [1.29, 1.82) is 0 Å². The van der Waals surface area contributed by atoms with E-state index in [0.29, 0.717) is 13.1 Å². The van der Waals surface area contributed by atoms with Gasteiger partial charge in [-0.3, -0.25) is 4.99 Å². The van der Waals surface area contributed by atoms with Crippen LogP contribution in [0.15, 0.2) is 15.7 Å². The van der Waals surface area contributed by atoms with Gasteiger partial charge in [0.15, 0.2) is 0 Å². The summed E-state index contributed by atoms with van der Waals surface area (Å²) in [6.45, 7) is 5.14. The molecule has 0 spiro atoms. The molecule has 1 fully saturated rings. The summed E-state index contributed by atoms with van der Waals surface area (Å²) in [5, 5.41) is 4.05. The maximum atomic E-state index is 13.2. The van der Waals surface area contributed by atoms with Crippen molar-refractivity contribution < 1.29 is 13.3 Å². The van der Waals surface area contributed by atoms with E-state index in [9.17, 15) is 8.78 Å². The Bertz CT molecular complexity index is 883. The molecule has 0 atom stereocenters. The number of nitrogens with zero attached hydrogens (tertiary/aromatic N) is 3. The summed E-state index contributed by atoms with van der Waals surface area (Å²) in [4.78, 5) is 4.53. The first kappa shape index (κ1) is 17.9. The van der Waals surface area contributed by atoms with E-state index in [2.05, 4.69) is 49.6 Å². The minimum atomic E-state index is -2.48. The van der Waals surface area contributed by atoms with Crippen LogP contribution >= 0.6 is 22.6 Å². The number of hydrogen-bond acceptors (Lipinski definition) is 3. The molecule has 4 rings (SSSR count). The highest BCUT2D eigenvalue weighted by Gasteiger charge is 2.45. The monoisotopic (exact) mass is 471 g/mol. The van der Waals surface area contributed by atoms with Gasteiger partial charge in [-0.1, -0.05) is 5.16 Å². The highest BCUT2D eigenvalue weighted by molar-refractivity contribution is 14.1. The second-order valence-electron chi connectivity index (χ2n) is 7.21. The molecule has 2 aromatic heterocycles. The minimum absolute atomic E-state index is 0.0154. The van der Waals surface area contributed by atoms with Gasteiger partial charge in [0.25, 0.3) is 0 Å². The lowest BCUT2D eigenvalue weighted by Crippen LogP contribution is -2.37. The largest absolute Gasteiger partial charge is 0.361 e. The summed E-state index contributed by atoms with van der Waals surface area (Å²) in [6.07, 6.45) is 6.87. The van der Waals surface area contributed by atoms with Crippen LogP contribution in [-0.4, -0.2) is 28.4 Å². The molecule has 0 amide bonds. The van der Waals surface area contributed by atoms with Crippen LogP contribution in [-0.2, 0) is 13.0 Å². The highest BCUT2D eigenvalue weighted by Crippen LogP contribution is 2.43. The average Bonchev–Trinajstić information content (AvgIpc) is 2.97. The van der Waals surface area contributed by atoms with E-state index in [-0.39, 0.29) is 18.8 Å². The zero-order valence-electron chi connectivity index (χ0n) is 14.7. The van der Waals surface area contributed by atoms with Crippen molar-refractivity contribution in [3.05, 3.63) is 38.0 Å². The summed E-state index contributed by atoms with van der Waals surface area (Å²) in [5.74, 6) is -1.69. The molecule has 0 radical (unpaired) electrons. The summed E-state index contributed by atoms with van der Waals surface area (Å²) < 4.78 is 35.1. The molecule has 0 aromatic carbocycles. The van der Waals surface area contributed by atoms with Crippen LogP contribution in [0.25, 0.3) is 11.6 Å². The minimum Gasteiger partial charge on any atom is -0.361 e. The van der Waals surface area contributed by atoms with Crippen molar-refractivity contribution in [3.63, 3.8) is 0 Å². The zero-order valence-corrected chi connectivity index (χ0v) is 16.9. The number of aliphatic imine (C=N–C) groups is 1. The third-order valence-corrected chi connectivity index (χ3v) is 6.07. The third-order valence-electron chi connectivity index (χ3n) is 5.14. The maximum Gasteiger partial charge on any atom is 0.248 e. The molecule has 0 unspecified atom stereocenters. The Hall–Kier alpha value is -1.51. The van der Waals surface area contributed by atoms with Crippen LogP contribution < -0.4 is 0 Å². The van der Waals surface area contributed by atoms with Gasteiger partial charge in [0.2, 0.25) is 5.92 Å². The molecule has 2 aliphatic rings. The molecule has 1 aliphatic carbocycles. The molecule has 0 saturated heterocycles. The van der Waals surface area contributed by atoms with E-state index in [1.54, 1.807) is 0 Å². The number of rotatable bonds is 3.